The Morgan fingerprint density at radius 2 is 1.68 bits per heavy atom. The molecule has 0 radical (unpaired) electrons. The van der Waals surface area contributed by atoms with Gasteiger partial charge in [0.2, 0.25) is 5.78 Å². The Morgan fingerprint density at radius 3 is 2.42 bits per heavy atom. The Hall–Kier alpha value is -2.61. The molecule has 5 nitrogen and oxygen atoms in total. The minimum absolute atomic E-state index is 0.0290. The summed E-state index contributed by atoms with van der Waals surface area (Å²) in [5.74, 6) is 1.30. The summed E-state index contributed by atoms with van der Waals surface area (Å²) in [7, 11) is 0. The maximum absolute atomic E-state index is 13.2. The number of aryl methyl sites for hydroxylation is 1. The first-order valence-corrected chi connectivity index (χ1v) is 12.2. The molecule has 0 aliphatic heterocycles. The van der Waals surface area contributed by atoms with E-state index >= 15 is 0 Å². The van der Waals surface area contributed by atoms with Gasteiger partial charge in [-0.25, -0.2) is 0 Å². The minimum atomic E-state index is -0.0290. The Balaban J connectivity index is 1.56. The molecule has 0 atom stereocenters. The second-order valence-corrected chi connectivity index (χ2v) is 9.52. The smallest absolute Gasteiger partial charge is 0.271 e. The van der Waals surface area contributed by atoms with E-state index in [1.165, 1.54) is 16.9 Å². The molecule has 0 spiro atoms. The lowest BCUT2D eigenvalue weighted by Gasteiger charge is -2.10. The van der Waals surface area contributed by atoms with Crippen LogP contribution in [0.25, 0.3) is 16.0 Å². The van der Waals surface area contributed by atoms with Crippen LogP contribution in [-0.4, -0.2) is 19.2 Å². The molecule has 0 fully saturated rings. The quantitative estimate of drug-likeness (QED) is 0.303. The van der Waals surface area contributed by atoms with Crippen molar-refractivity contribution in [3.8, 4) is 0 Å². The summed E-state index contributed by atoms with van der Waals surface area (Å²) >= 11 is 9.04. The van der Waals surface area contributed by atoms with Gasteiger partial charge in [0.05, 0.1) is 12.1 Å². The fourth-order valence-electron chi connectivity index (χ4n) is 3.53. The number of thiophene rings is 1. The molecule has 156 valence electrons. The van der Waals surface area contributed by atoms with Gasteiger partial charge in [-0.2, -0.15) is 0 Å². The number of rotatable bonds is 6. The molecule has 31 heavy (non-hydrogen) atoms. The Morgan fingerprint density at radius 1 is 0.968 bits per heavy atom. The highest BCUT2D eigenvalue weighted by molar-refractivity contribution is 7.98. The van der Waals surface area contributed by atoms with Gasteiger partial charge < -0.3 is 0 Å². The molecule has 8 heteroatoms. The van der Waals surface area contributed by atoms with Crippen LogP contribution in [0.4, 0.5) is 0 Å². The standard InChI is InChI=1S/C23H19ClN4OS2/c1-2-15-3-5-16(6-4-15)13-27-21(29)20-19(11-12-30-20)28-22(27)25-26-23(28)31-14-17-7-9-18(24)10-8-17/h3-12H,2,13-14H2,1H3. The lowest BCUT2D eigenvalue weighted by molar-refractivity contribution is 0.765. The molecule has 0 saturated heterocycles. The van der Waals surface area contributed by atoms with E-state index in [2.05, 4.69) is 41.4 Å². The molecule has 5 aromatic rings. The molecular weight excluding hydrogens is 448 g/mol. The molecule has 0 unspecified atom stereocenters. The van der Waals surface area contributed by atoms with E-state index in [4.69, 9.17) is 11.6 Å². The molecule has 5 rings (SSSR count). The van der Waals surface area contributed by atoms with Crippen molar-refractivity contribution in [3.05, 3.63) is 92.0 Å². The van der Waals surface area contributed by atoms with Crippen LogP contribution in [0, 0.1) is 0 Å². The Labute approximate surface area is 192 Å². The fraction of sp³-hybridized carbons (Fsp3) is 0.174. The molecule has 0 bridgehead atoms. The zero-order chi connectivity index (χ0) is 21.4. The molecule has 3 heterocycles. The van der Waals surface area contributed by atoms with Crippen LogP contribution >= 0.6 is 34.7 Å². The van der Waals surface area contributed by atoms with Gasteiger partial charge in [0.1, 0.15) is 4.70 Å². The van der Waals surface area contributed by atoms with Crippen molar-refractivity contribution in [2.45, 2.75) is 30.8 Å². The highest BCUT2D eigenvalue weighted by Gasteiger charge is 2.18. The zero-order valence-electron chi connectivity index (χ0n) is 16.8. The van der Waals surface area contributed by atoms with Crippen LogP contribution < -0.4 is 5.56 Å². The zero-order valence-corrected chi connectivity index (χ0v) is 19.2. The van der Waals surface area contributed by atoms with E-state index in [9.17, 15) is 4.79 Å². The monoisotopic (exact) mass is 466 g/mol. The molecule has 2 aromatic carbocycles. The van der Waals surface area contributed by atoms with Gasteiger partial charge in [0.25, 0.3) is 5.56 Å². The van der Waals surface area contributed by atoms with E-state index in [1.807, 2.05) is 40.1 Å². The summed E-state index contributed by atoms with van der Waals surface area (Å²) in [5.41, 5.74) is 4.32. The van der Waals surface area contributed by atoms with E-state index in [0.29, 0.717) is 17.0 Å². The number of fused-ring (bicyclic) bond motifs is 3. The van der Waals surface area contributed by atoms with Gasteiger partial charge in [0, 0.05) is 10.8 Å². The summed E-state index contributed by atoms with van der Waals surface area (Å²) in [6.07, 6.45) is 0.990. The van der Waals surface area contributed by atoms with Crippen molar-refractivity contribution in [1.29, 1.82) is 0 Å². The molecule has 3 aromatic heterocycles. The van der Waals surface area contributed by atoms with Crippen LogP contribution in [0.5, 0.6) is 0 Å². The number of hydrogen-bond donors (Lipinski definition) is 0. The van der Waals surface area contributed by atoms with E-state index < -0.39 is 0 Å². The first-order chi connectivity index (χ1) is 15.1. The predicted molar refractivity (Wildman–Crippen MR) is 129 cm³/mol. The SMILES string of the molecule is CCc1ccc(Cn2c(=O)c3sccc3n3c(SCc4ccc(Cl)cc4)nnc23)cc1. The Kier molecular flexibility index (Phi) is 5.56. The molecule has 0 amide bonds. The first-order valence-electron chi connectivity index (χ1n) is 9.94. The van der Waals surface area contributed by atoms with Crippen LogP contribution in [0.1, 0.15) is 23.6 Å². The van der Waals surface area contributed by atoms with Gasteiger partial charge in [-0.1, -0.05) is 66.7 Å². The topological polar surface area (TPSA) is 52.2 Å². The van der Waals surface area contributed by atoms with E-state index in [0.717, 1.165) is 39.0 Å². The molecule has 0 aliphatic rings. The largest absolute Gasteiger partial charge is 0.273 e. The highest BCUT2D eigenvalue weighted by Crippen LogP contribution is 2.27. The Bertz CT molecular complexity index is 1420. The van der Waals surface area contributed by atoms with E-state index in [1.54, 1.807) is 16.3 Å². The lowest BCUT2D eigenvalue weighted by Crippen LogP contribution is -2.23. The number of aromatic nitrogens is 4. The maximum Gasteiger partial charge on any atom is 0.273 e. The van der Waals surface area contributed by atoms with Gasteiger partial charge in [-0.3, -0.25) is 13.8 Å². The van der Waals surface area contributed by atoms with Crippen molar-refractivity contribution < 1.29 is 0 Å². The molecule has 0 N–H and O–H groups in total. The van der Waals surface area contributed by atoms with Gasteiger partial charge in [-0.05, 0) is 46.7 Å². The van der Waals surface area contributed by atoms with Crippen LogP contribution in [0.15, 0.2) is 69.9 Å². The second kappa shape index (κ2) is 8.49. The molecular formula is C23H19ClN4OS2. The normalized spacial score (nSPS) is 11.5. The summed E-state index contributed by atoms with van der Waals surface area (Å²) in [4.78, 5) is 13.2. The third-order valence-electron chi connectivity index (χ3n) is 5.24. The second-order valence-electron chi connectivity index (χ2n) is 7.23. The predicted octanol–water partition coefficient (Wildman–Crippen LogP) is 5.66. The summed E-state index contributed by atoms with van der Waals surface area (Å²) < 4.78 is 4.43. The summed E-state index contributed by atoms with van der Waals surface area (Å²) in [6.45, 7) is 2.59. The van der Waals surface area contributed by atoms with Gasteiger partial charge in [0.15, 0.2) is 5.16 Å². The third kappa shape index (κ3) is 3.89. The summed E-state index contributed by atoms with van der Waals surface area (Å²) in [5, 5.41) is 12.3. The molecule has 0 aliphatic carbocycles. The minimum Gasteiger partial charge on any atom is -0.271 e. The van der Waals surface area contributed by atoms with Crippen molar-refractivity contribution >= 4 is 50.7 Å². The van der Waals surface area contributed by atoms with Crippen molar-refractivity contribution in [2.24, 2.45) is 0 Å². The number of thioether (sulfide) groups is 1. The first kappa shape index (κ1) is 20.3. The maximum atomic E-state index is 13.2. The molecule has 0 saturated carbocycles. The van der Waals surface area contributed by atoms with Crippen molar-refractivity contribution in [2.75, 3.05) is 0 Å². The van der Waals surface area contributed by atoms with Crippen LogP contribution in [0.2, 0.25) is 5.02 Å². The average molecular weight is 467 g/mol. The average Bonchev–Trinajstić information content (AvgIpc) is 3.44. The van der Waals surface area contributed by atoms with Crippen molar-refractivity contribution in [3.63, 3.8) is 0 Å². The lowest BCUT2D eigenvalue weighted by atomic mass is 10.1. The van der Waals surface area contributed by atoms with Crippen LogP contribution in [-0.2, 0) is 18.7 Å². The highest BCUT2D eigenvalue weighted by atomic mass is 35.5. The van der Waals surface area contributed by atoms with Gasteiger partial charge >= 0.3 is 0 Å². The summed E-state index contributed by atoms with van der Waals surface area (Å²) in [6, 6.07) is 18.1. The van der Waals surface area contributed by atoms with E-state index in [-0.39, 0.29) is 5.56 Å². The van der Waals surface area contributed by atoms with Crippen molar-refractivity contribution in [1.82, 2.24) is 19.2 Å². The van der Waals surface area contributed by atoms with Crippen LogP contribution in [0.3, 0.4) is 0 Å². The number of hydrogen-bond acceptors (Lipinski definition) is 5. The fourth-order valence-corrected chi connectivity index (χ4v) is 5.37. The number of nitrogens with zero attached hydrogens (tertiary/aromatic N) is 4. The number of halogens is 1. The van der Waals surface area contributed by atoms with Gasteiger partial charge in [-0.15, -0.1) is 21.5 Å². The number of benzene rings is 2. The third-order valence-corrected chi connectivity index (χ3v) is 7.38.